The van der Waals surface area contributed by atoms with Gasteiger partial charge in [-0.2, -0.15) is 0 Å². The number of esters is 2. The molecule has 5 nitrogen and oxygen atoms in total. The molecule has 110 valence electrons. The zero-order valence-electron chi connectivity index (χ0n) is 11.2. The first kappa shape index (κ1) is 16.4. The summed E-state index contributed by atoms with van der Waals surface area (Å²) in [5, 5.41) is -0.0754. The number of ether oxygens (including phenoxy) is 2. The molecule has 1 fully saturated rings. The molecule has 19 heavy (non-hydrogen) atoms. The molecule has 1 heterocycles. The van der Waals surface area contributed by atoms with E-state index in [2.05, 4.69) is 0 Å². The van der Waals surface area contributed by atoms with E-state index >= 15 is 0 Å². The number of rotatable bonds is 7. The molecule has 1 rings (SSSR count). The Morgan fingerprint density at radius 3 is 2.11 bits per heavy atom. The summed E-state index contributed by atoms with van der Waals surface area (Å²) >= 11 is 1.29. The maximum atomic E-state index is 11.8. The van der Waals surface area contributed by atoms with E-state index in [1.807, 2.05) is 0 Å². The molecule has 0 amide bonds. The van der Waals surface area contributed by atoms with E-state index in [0.29, 0.717) is 13.2 Å². The van der Waals surface area contributed by atoms with Crippen molar-refractivity contribution in [2.75, 3.05) is 30.5 Å². The molecule has 1 aliphatic rings. The number of thiol groups is 1. The molecule has 0 aromatic rings. The molecule has 1 saturated heterocycles. The molecule has 0 spiro atoms. The molecule has 7 heteroatoms. The van der Waals surface area contributed by atoms with Crippen molar-refractivity contribution in [2.45, 2.75) is 25.5 Å². The van der Waals surface area contributed by atoms with E-state index < -0.39 is 10.9 Å². The molecule has 0 saturated carbocycles. The molecule has 0 aliphatic carbocycles. The van der Waals surface area contributed by atoms with Crippen molar-refractivity contribution in [3.63, 3.8) is 0 Å². The van der Waals surface area contributed by atoms with Crippen LogP contribution in [0.4, 0.5) is 0 Å². The van der Waals surface area contributed by atoms with Gasteiger partial charge in [-0.15, -0.1) is 0 Å². The first-order chi connectivity index (χ1) is 9.08. The van der Waals surface area contributed by atoms with E-state index in [-0.39, 0.29) is 33.8 Å². The Balaban J connectivity index is 2.64. The quantitative estimate of drug-likeness (QED) is 0.562. The average Bonchev–Trinajstić information content (AvgIpc) is 2.75. The van der Waals surface area contributed by atoms with Crippen LogP contribution >= 0.6 is 22.7 Å². The first-order valence-electron chi connectivity index (χ1n) is 6.30. The van der Waals surface area contributed by atoms with Crippen molar-refractivity contribution in [3.05, 3.63) is 0 Å². The Kier molecular flexibility index (Phi) is 7.30. The van der Waals surface area contributed by atoms with Gasteiger partial charge in [0.05, 0.1) is 30.0 Å². The lowest BCUT2D eigenvalue weighted by Gasteiger charge is -2.24. The Morgan fingerprint density at radius 1 is 1.21 bits per heavy atom. The van der Waals surface area contributed by atoms with Crippen molar-refractivity contribution in [2.24, 2.45) is 0 Å². The van der Waals surface area contributed by atoms with Gasteiger partial charge in [0.15, 0.2) is 5.12 Å². The van der Waals surface area contributed by atoms with Gasteiger partial charge >= 0.3 is 11.9 Å². The van der Waals surface area contributed by atoms with Crippen molar-refractivity contribution in [1.29, 1.82) is 0 Å². The number of hydrogen-bond acceptors (Lipinski definition) is 6. The van der Waals surface area contributed by atoms with Gasteiger partial charge in [-0.1, -0.05) is 11.8 Å². The number of hydrogen-bond donors (Lipinski definition) is 1. The van der Waals surface area contributed by atoms with Crippen LogP contribution in [0.15, 0.2) is 0 Å². The van der Waals surface area contributed by atoms with Crippen LogP contribution in [-0.4, -0.2) is 52.8 Å². The zero-order chi connectivity index (χ0) is 14.3. The Hall–Kier alpha value is -0.690. The third kappa shape index (κ3) is 5.44. The summed E-state index contributed by atoms with van der Waals surface area (Å²) in [6.07, 6.45) is 0.744. The van der Waals surface area contributed by atoms with Gasteiger partial charge in [-0.3, -0.25) is 14.4 Å². The van der Waals surface area contributed by atoms with Crippen molar-refractivity contribution in [3.8, 4) is 0 Å². The average molecular weight is 308 g/mol. The number of thioether (sulfide) groups is 1. The van der Waals surface area contributed by atoms with Crippen LogP contribution in [0.25, 0.3) is 0 Å². The van der Waals surface area contributed by atoms with Gasteiger partial charge in [-0.25, -0.2) is 10.9 Å². The number of carbonyl (C=O) groups excluding carboxylic acids is 3. The van der Waals surface area contributed by atoms with E-state index in [0.717, 1.165) is 12.2 Å². The topological polar surface area (TPSA) is 69.7 Å². The van der Waals surface area contributed by atoms with E-state index in [1.54, 1.807) is 13.8 Å². The molecule has 0 aromatic heterocycles. The smallest absolute Gasteiger partial charge is 0.314 e. The lowest BCUT2D eigenvalue weighted by atomic mass is 10.4. The Labute approximate surface area is 120 Å². The van der Waals surface area contributed by atoms with Gasteiger partial charge in [-0.05, 0) is 20.3 Å². The maximum absolute atomic E-state index is 11.8. The van der Waals surface area contributed by atoms with Crippen LogP contribution < -0.4 is 0 Å². The van der Waals surface area contributed by atoms with Crippen LogP contribution in [0.5, 0.6) is 0 Å². The maximum Gasteiger partial charge on any atom is 0.314 e. The van der Waals surface area contributed by atoms with E-state index in [4.69, 9.17) is 9.47 Å². The van der Waals surface area contributed by atoms with Crippen LogP contribution in [0.1, 0.15) is 20.3 Å². The normalized spacial score (nSPS) is 19.2. The van der Waals surface area contributed by atoms with Crippen LogP contribution in [0, 0.1) is 0 Å². The highest BCUT2D eigenvalue weighted by atomic mass is 32.2. The summed E-state index contributed by atoms with van der Waals surface area (Å²) in [6.45, 7) is 4.10. The van der Waals surface area contributed by atoms with Gasteiger partial charge in [0.25, 0.3) is 0 Å². The highest BCUT2D eigenvalue weighted by Gasteiger charge is 2.33. The van der Waals surface area contributed by atoms with Crippen LogP contribution in [0.3, 0.4) is 0 Å². The Bertz CT molecular complexity index is 325. The largest absolute Gasteiger partial charge is 0.465 e. The summed E-state index contributed by atoms with van der Waals surface area (Å²) in [7, 11) is -1.02. The lowest BCUT2D eigenvalue weighted by Crippen LogP contribution is -2.25. The molecular weight excluding hydrogens is 288 g/mol. The second-order valence-corrected chi connectivity index (χ2v) is 7.52. The molecule has 1 aliphatic heterocycles. The second kappa shape index (κ2) is 8.47. The number of carbonyl (C=O) groups is 3. The van der Waals surface area contributed by atoms with E-state index in [1.165, 1.54) is 11.8 Å². The minimum Gasteiger partial charge on any atom is -0.465 e. The summed E-state index contributed by atoms with van der Waals surface area (Å²) in [6, 6.07) is 0. The molecular formula is C12H20O5S2. The van der Waals surface area contributed by atoms with Gasteiger partial charge in [0, 0.05) is 5.75 Å². The third-order valence-electron chi connectivity index (χ3n) is 2.62. The molecule has 0 aromatic carbocycles. The molecule has 1 atom stereocenters. The monoisotopic (exact) mass is 308 g/mol. The van der Waals surface area contributed by atoms with Crippen LogP contribution in [-0.2, 0) is 23.9 Å². The fraction of sp³-hybridized carbons (Fsp3) is 0.750. The highest BCUT2D eigenvalue weighted by Crippen LogP contribution is 2.41. The lowest BCUT2D eigenvalue weighted by molar-refractivity contribution is -0.140. The van der Waals surface area contributed by atoms with Crippen molar-refractivity contribution in [1.82, 2.24) is 0 Å². The summed E-state index contributed by atoms with van der Waals surface area (Å²) < 4.78 is 9.83. The predicted molar refractivity (Wildman–Crippen MR) is 77.9 cm³/mol. The zero-order valence-corrected chi connectivity index (χ0v) is 12.9. The van der Waals surface area contributed by atoms with Gasteiger partial charge < -0.3 is 9.47 Å². The van der Waals surface area contributed by atoms with Gasteiger partial charge in [0.2, 0.25) is 0 Å². The highest BCUT2D eigenvalue weighted by molar-refractivity contribution is 8.23. The minimum absolute atomic E-state index is 0.0970. The second-order valence-electron chi connectivity index (χ2n) is 3.99. The molecule has 1 unspecified atom stereocenters. The summed E-state index contributed by atoms with van der Waals surface area (Å²) in [5.41, 5.74) is 0. The van der Waals surface area contributed by atoms with E-state index in [9.17, 15) is 14.4 Å². The molecule has 0 bridgehead atoms. The SMILES string of the molecule is CCOC(=O)C[SH](CC(=O)OCC)C1CCSC1=O. The summed E-state index contributed by atoms with van der Waals surface area (Å²) in [5.74, 6) is 0.441. The molecule has 0 radical (unpaired) electrons. The molecule has 0 N–H and O–H groups in total. The van der Waals surface area contributed by atoms with Crippen molar-refractivity contribution < 1.29 is 23.9 Å². The minimum atomic E-state index is -1.02. The fourth-order valence-electron chi connectivity index (χ4n) is 1.84. The third-order valence-corrected chi connectivity index (χ3v) is 6.51. The van der Waals surface area contributed by atoms with Gasteiger partial charge in [0.1, 0.15) is 0 Å². The predicted octanol–water partition coefficient (Wildman–Crippen LogP) is 1.15. The fourth-order valence-corrected chi connectivity index (χ4v) is 5.74. The Morgan fingerprint density at radius 2 is 1.74 bits per heavy atom. The summed E-state index contributed by atoms with van der Waals surface area (Å²) in [4.78, 5) is 34.9. The van der Waals surface area contributed by atoms with Crippen molar-refractivity contribution >= 4 is 39.7 Å². The standard InChI is InChI=1S/C12H20O5S2/c1-3-16-10(13)7-19(8-11(14)17-4-2)9-5-6-18-12(9)15/h9,19H,3-8H2,1-2H3. The first-order valence-corrected chi connectivity index (χ1v) is 9.07. The van der Waals surface area contributed by atoms with Crippen LogP contribution in [0.2, 0.25) is 0 Å².